The number of aryl methyl sites for hydroxylation is 1. The largest absolute Gasteiger partial charge is 0.399 e. The Morgan fingerprint density at radius 1 is 1.00 bits per heavy atom. The molecule has 6 nitrogen and oxygen atoms in total. The molecule has 2 amide bonds. The van der Waals surface area contributed by atoms with Crippen molar-refractivity contribution in [2.45, 2.75) is 84.6 Å². The van der Waals surface area contributed by atoms with Crippen LogP contribution in [-0.2, 0) is 16.0 Å². The Hall–Kier alpha value is -2.08. The fourth-order valence-electron chi connectivity index (χ4n) is 2.72. The standard InChI is InChI=1S/C19H31N3O3.C2H6/c1-15(19(24)22-25)21-18(23)14-8-6-4-2-3-5-7-11-16-12-9-10-13-17(16)20;1-2/h9-10,12-13,15,25H,2-8,11,14,20H2,1H3,(H,21,23)(H,22,24);1-2H3. The second-order valence-corrected chi connectivity index (χ2v) is 6.44. The van der Waals surface area contributed by atoms with E-state index >= 15 is 0 Å². The first-order valence-electron chi connectivity index (χ1n) is 10.1. The summed E-state index contributed by atoms with van der Waals surface area (Å²) >= 11 is 0. The lowest BCUT2D eigenvalue weighted by Crippen LogP contribution is -2.43. The molecular weight excluding hydrogens is 342 g/mol. The molecule has 1 unspecified atom stereocenters. The molecule has 0 saturated heterocycles. The summed E-state index contributed by atoms with van der Waals surface area (Å²) < 4.78 is 0. The van der Waals surface area contributed by atoms with Crippen molar-refractivity contribution in [3.63, 3.8) is 0 Å². The van der Waals surface area contributed by atoms with Gasteiger partial charge in [0.2, 0.25) is 5.91 Å². The van der Waals surface area contributed by atoms with Gasteiger partial charge in [-0.15, -0.1) is 0 Å². The van der Waals surface area contributed by atoms with E-state index in [0.29, 0.717) is 6.42 Å². The summed E-state index contributed by atoms with van der Waals surface area (Å²) in [6.45, 7) is 5.53. The van der Waals surface area contributed by atoms with E-state index in [1.54, 1.807) is 0 Å². The maximum Gasteiger partial charge on any atom is 0.265 e. The fraction of sp³-hybridized carbons (Fsp3) is 0.619. The molecule has 0 fully saturated rings. The highest BCUT2D eigenvalue weighted by molar-refractivity contribution is 5.86. The lowest BCUT2D eigenvalue weighted by Gasteiger charge is -2.11. The van der Waals surface area contributed by atoms with Crippen molar-refractivity contribution < 1.29 is 14.8 Å². The fourth-order valence-corrected chi connectivity index (χ4v) is 2.72. The van der Waals surface area contributed by atoms with Gasteiger partial charge in [-0.1, -0.05) is 64.2 Å². The van der Waals surface area contributed by atoms with Crippen molar-refractivity contribution in [2.75, 3.05) is 5.73 Å². The normalized spacial score (nSPS) is 11.1. The van der Waals surface area contributed by atoms with Crippen LogP contribution in [0.25, 0.3) is 0 Å². The van der Waals surface area contributed by atoms with Gasteiger partial charge < -0.3 is 11.1 Å². The minimum atomic E-state index is -0.712. The van der Waals surface area contributed by atoms with Crippen LogP contribution in [0.1, 0.15) is 77.7 Å². The van der Waals surface area contributed by atoms with Crippen LogP contribution >= 0.6 is 0 Å². The number of para-hydroxylation sites is 1. The molecule has 0 spiro atoms. The maximum atomic E-state index is 11.6. The smallest absolute Gasteiger partial charge is 0.265 e. The molecule has 0 aliphatic rings. The summed E-state index contributed by atoms with van der Waals surface area (Å²) in [4.78, 5) is 22.7. The Bertz CT molecular complexity index is 535. The number of hydroxylamine groups is 1. The zero-order valence-electron chi connectivity index (χ0n) is 17.1. The quantitative estimate of drug-likeness (QED) is 0.191. The Kier molecular flexibility index (Phi) is 14.9. The van der Waals surface area contributed by atoms with Crippen LogP contribution in [0.2, 0.25) is 0 Å². The van der Waals surface area contributed by atoms with Gasteiger partial charge in [0.1, 0.15) is 6.04 Å². The molecule has 0 aromatic heterocycles. The van der Waals surface area contributed by atoms with Crippen molar-refractivity contribution in [1.29, 1.82) is 0 Å². The van der Waals surface area contributed by atoms with Gasteiger partial charge in [0, 0.05) is 12.1 Å². The van der Waals surface area contributed by atoms with E-state index in [9.17, 15) is 9.59 Å². The molecule has 154 valence electrons. The Balaban J connectivity index is 0.00000326. The number of unbranched alkanes of at least 4 members (excludes halogenated alkanes) is 6. The van der Waals surface area contributed by atoms with Crippen LogP contribution in [0.5, 0.6) is 0 Å². The van der Waals surface area contributed by atoms with Crippen LogP contribution < -0.4 is 16.5 Å². The minimum absolute atomic E-state index is 0.156. The van der Waals surface area contributed by atoms with Crippen molar-refractivity contribution in [2.24, 2.45) is 0 Å². The average Bonchev–Trinajstić information content (AvgIpc) is 2.68. The van der Waals surface area contributed by atoms with Gasteiger partial charge in [0.15, 0.2) is 0 Å². The highest BCUT2D eigenvalue weighted by atomic mass is 16.5. The number of nitrogen functional groups attached to an aromatic ring is 1. The number of hydrogen-bond donors (Lipinski definition) is 4. The van der Waals surface area contributed by atoms with Crippen LogP contribution in [0.3, 0.4) is 0 Å². The number of rotatable bonds is 12. The Morgan fingerprint density at radius 2 is 1.56 bits per heavy atom. The average molecular weight is 380 g/mol. The van der Waals surface area contributed by atoms with E-state index < -0.39 is 11.9 Å². The van der Waals surface area contributed by atoms with Crippen molar-refractivity contribution in [3.05, 3.63) is 29.8 Å². The monoisotopic (exact) mass is 379 g/mol. The first-order valence-corrected chi connectivity index (χ1v) is 10.1. The molecule has 1 atom stereocenters. The van der Waals surface area contributed by atoms with E-state index in [1.165, 1.54) is 37.2 Å². The molecule has 0 bridgehead atoms. The SMILES string of the molecule is CC.CC(NC(=O)CCCCCCCCCc1ccccc1N)C(=O)NO. The van der Waals surface area contributed by atoms with E-state index in [4.69, 9.17) is 10.9 Å². The summed E-state index contributed by atoms with van der Waals surface area (Å²) in [6, 6.07) is 7.31. The molecule has 0 saturated carbocycles. The predicted molar refractivity (Wildman–Crippen MR) is 110 cm³/mol. The van der Waals surface area contributed by atoms with E-state index in [-0.39, 0.29) is 5.91 Å². The van der Waals surface area contributed by atoms with Gasteiger partial charge >= 0.3 is 0 Å². The van der Waals surface area contributed by atoms with Crippen LogP contribution in [0, 0.1) is 0 Å². The number of anilines is 1. The third-order valence-corrected chi connectivity index (χ3v) is 4.29. The second kappa shape index (κ2) is 16.1. The summed E-state index contributed by atoms with van der Waals surface area (Å²) in [5, 5.41) is 11.0. The number of hydrogen-bond acceptors (Lipinski definition) is 4. The molecule has 1 rings (SSSR count). The maximum absolute atomic E-state index is 11.6. The number of carbonyl (C=O) groups is 2. The number of amides is 2. The second-order valence-electron chi connectivity index (χ2n) is 6.44. The van der Waals surface area contributed by atoms with Gasteiger partial charge in [0.05, 0.1) is 0 Å². The van der Waals surface area contributed by atoms with Crippen molar-refractivity contribution >= 4 is 17.5 Å². The molecular formula is C21H37N3O3. The van der Waals surface area contributed by atoms with Crippen molar-refractivity contribution in [1.82, 2.24) is 10.8 Å². The lowest BCUT2D eigenvalue weighted by molar-refractivity contribution is -0.134. The van der Waals surface area contributed by atoms with Gasteiger partial charge in [-0.05, 0) is 37.8 Å². The highest BCUT2D eigenvalue weighted by Gasteiger charge is 2.13. The van der Waals surface area contributed by atoms with Crippen LogP contribution in [-0.4, -0.2) is 23.1 Å². The number of carbonyl (C=O) groups excluding carboxylic acids is 2. The summed E-state index contributed by atoms with van der Waals surface area (Å²) in [5.41, 5.74) is 9.57. The third-order valence-electron chi connectivity index (χ3n) is 4.29. The summed E-state index contributed by atoms with van der Waals surface area (Å²) in [5.74, 6) is -0.762. The van der Waals surface area contributed by atoms with Gasteiger partial charge in [-0.25, -0.2) is 5.48 Å². The molecule has 27 heavy (non-hydrogen) atoms. The molecule has 6 heteroatoms. The number of nitrogens with one attached hydrogen (secondary N) is 2. The topological polar surface area (TPSA) is 104 Å². The third kappa shape index (κ3) is 12.0. The Morgan fingerprint density at radius 3 is 2.15 bits per heavy atom. The zero-order valence-corrected chi connectivity index (χ0v) is 17.1. The van der Waals surface area contributed by atoms with Gasteiger partial charge in [0.25, 0.3) is 5.91 Å². The lowest BCUT2D eigenvalue weighted by atomic mass is 10.0. The molecule has 1 aromatic rings. The highest BCUT2D eigenvalue weighted by Crippen LogP contribution is 2.15. The van der Waals surface area contributed by atoms with Crippen molar-refractivity contribution in [3.8, 4) is 0 Å². The first kappa shape index (κ1) is 24.9. The minimum Gasteiger partial charge on any atom is -0.399 e. The molecule has 1 aromatic carbocycles. The molecule has 0 heterocycles. The molecule has 0 aliphatic carbocycles. The predicted octanol–water partition coefficient (Wildman–Crippen LogP) is 3.97. The summed E-state index contributed by atoms with van der Waals surface area (Å²) in [6.07, 6.45) is 9.13. The number of nitrogens with two attached hydrogens (primary N) is 1. The number of benzene rings is 1. The van der Waals surface area contributed by atoms with Crippen LogP contribution in [0.4, 0.5) is 5.69 Å². The van der Waals surface area contributed by atoms with Gasteiger partial charge in [-0.2, -0.15) is 0 Å². The zero-order chi connectivity index (χ0) is 20.5. The summed E-state index contributed by atoms with van der Waals surface area (Å²) in [7, 11) is 0. The van der Waals surface area contributed by atoms with Crippen LogP contribution in [0.15, 0.2) is 24.3 Å². The van der Waals surface area contributed by atoms with E-state index in [1.807, 2.05) is 32.0 Å². The first-order chi connectivity index (χ1) is 13.0. The molecule has 0 radical (unpaired) electrons. The molecule has 0 aliphatic heterocycles. The van der Waals surface area contributed by atoms with Gasteiger partial charge in [-0.3, -0.25) is 14.8 Å². The molecule has 5 N–H and O–H groups in total. The van der Waals surface area contributed by atoms with E-state index in [0.717, 1.165) is 37.8 Å². The van der Waals surface area contributed by atoms with E-state index in [2.05, 4.69) is 11.4 Å². The Labute approximate surface area is 163 Å².